The molecular weight excluding hydrogens is 176 g/mol. The van der Waals surface area contributed by atoms with Crippen molar-refractivity contribution in [1.29, 1.82) is 0 Å². The lowest BCUT2D eigenvalue weighted by molar-refractivity contribution is -0.128. The van der Waals surface area contributed by atoms with E-state index in [-0.39, 0.29) is 5.78 Å². The summed E-state index contributed by atoms with van der Waals surface area (Å²) in [6.07, 6.45) is 2.94. The first kappa shape index (κ1) is 9.00. The Morgan fingerprint density at radius 1 is 1.36 bits per heavy atom. The highest BCUT2D eigenvalue weighted by Crippen LogP contribution is 2.31. The van der Waals surface area contributed by atoms with Gasteiger partial charge in [0.1, 0.15) is 0 Å². The molecule has 0 N–H and O–H groups in total. The van der Waals surface area contributed by atoms with E-state index < -0.39 is 5.60 Å². The Morgan fingerprint density at radius 3 is 2.71 bits per heavy atom. The number of aryl methyl sites for hydroxylation is 1. The maximum atomic E-state index is 11.6. The number of hydrogen-bond acceptors (Lipinski definition) is 2. The van der Waals surface area contributed by atoms with E-state index in [2.05, 4.69) is 0 Å². The first-order valence-corrected chi connectivity index (χ1v) is 4.59. The number of ketones is 1. The van der Waals surface area contributed by atoms with Crippen molar-refractivity contribution in [1.82, 2.24) is 0 Å². The van der Waals surface area contributed by atoms with E-state index in [0.29, 0.717) is 0 Å². The maximum Gasteiger partial charge on any atom is 0.206 e. The van der Waals surface area contributed by atoms with Crippen LogP contribution in [0.3, 0.4) is 0 Å². The number of rotatable bonds is 1. The van der Waals surface area contributed by atoms with Crippen LogP contribution in [0, 0.1) is 6.92 Å². The van der Waals surface area contributed by atoms with Crippen LogP contribution in [0.4, 0.5) is 0 Å². The minimum absolute atomic E-state index is 0.00287. The Balaban J connectivity index is 2.45. The monoisotopic (exact) mass is 188 g/mol. The summed E-state index contributed by atoms with van der Waals surface area (Å²) >= 11 is 0. The third-order valence-corrected chi connectivity index (χ3v) is 2.56. The van der Waals surface area contributed by atoms with E-state index in [4.69, 9.17) is 4.74 Å². The number of carbonyl (C=O) groups is 1. The molecule has 2 nitrogen and oxygen atoms in total. The molecule has 0 saturated carbocycles. The number of carbonyl (C=O) groups excluding carboxylic acids is 1. The SMILES string of the molecule is Cc1cccc(C2(C)OC=CC2=O)c1. The fraction of sp³-hybridized carbons (Fsp3) is 0.250. The molecule has 1 unspecified atom stereocenters. The fourth-order valence-electron chi connectivity index (χ4n) is 1.60. The van der Waals surface area contributed by atoms with Crippen molar-refractivity contribution in [2.24, 2.45) is 0 Å². The van der Waals surface area contributed by atoms with Crippen molar-refractivity contribution in [3.8, 4) is 0 Å². The van der Waals surface area contributed by atoms with E-state index >= 15 is 0 Å². The zero-order chi connectivity index (χ0) is 10.2. The van der Waals surface area contributed by atoms with Gasteiger partial charge in [-0.15, -0.1) is 0 Å². The van der Waals surface area contributed by atoms with Crippen LogP contribution in [0.25, 0.3) is 0 Å². The third-order valence-electron chi connectivity index (χ3n) is 2.56. The lowest BCUT2D eigenvalue weighted by Crippen LogP contribution is -2.29. The summed E-state index contributed by atoms with van der Waals surface area (Å²) in [4.78, 5) is 11.6. The van der Waals surface area contributed by atoms with Crippen molar-refractivity contribution in [3.05, 3.63) is 47.7 Å². The molecule has 0 aromatic heterocycles. The Labute approximate surface area is 83.2 Å². The third kappa shape index (κ3) is 1.23. The maximum absolute atomic E-state index is 11.6. The Hall–Kier alpha value is -1.57. The molecule has 14 heavy (non-hydrogen) atoms. The van der Waals surface area contributed by atoms with Crippen LogP contribution in [-0.4, -0.2) is 5.78 Å². The molecule has 1 atom stereocenters. The molecular formula is C12H12O2. The largest absolute Gasteiger partial charge is 0.482 e. The smallest absolute Gasteiger partial charge is 0.206 e. The van der Waals surface area contributed by atoms with E-state index in [0.717, 1.165) is 11.1 Å². The average molecular weight is 188 g/mol. The van der Waals surface area contributed by atoms with Crippen LogP contribution in [-0.2, 0) is 15.1 Å². The molecule has 1 aromatic rings. The summed E-state index contributed by atoms with van der Waals surface area (Å²) < 4.78 is 5.36. The van der Waals surface area contributed by atoms with Crippen molar-refractivity contribution in [3.63, 3.8) is 0 Å². The highest BCUT2D eigenvalue weighted by atomic mass is 16.5. The summed E-state index contributed by atoms with van der Waals surface area (Å²) in [5.74, 6) is 0.00287. The van der Waals surface area contributed by atoms with Gasteiger partial charge in [-0.25, -0.2) is 0 Å². The predicted octanol–water partition coefficient (Wildman–Crippen LogP) is 2.32. The molecule has 0 radical (unpaired) electrons. The second-order valence-corrected chi connectivity index (χ2v) is 3.69. The van der Waals surface area contributed by atoms with Crippen molar-refractivity contribution < 1.29 is 9.53 Å². The van der Waals surface area contributed by atoms with E-state index in [1.54, 1.807) is 6.92 Å². The average Bonchev–Trinajstić information content (AvgIpc) is 2.49. The first-order valence-electron chi connectivity index (χ1n) is 4.59. The molecule has 0 fully saturated rings. The van der Waals surface area contributed by atoms with Gasteiger partial charge in [-0.05, 0) is 13.8 Å². The molecule has 0 amide bonds. The van der Waals surface area contributed by atoms with Gasteiger partial charge in [0.15, 0.2) is 5.60 Å². The minimum Gasteiger partial charge on any atom is -0.482 e. The Morgan fingerprint density at radius 2 is 2.14 bits per heavy atom. The van der Waals surface area contributed by atoms with Crippen LogP contribution in [0.15, 0.2) is 36.6 Å². The molecule has 1 aromatic carbocycles. The van der Waals surface area contributed by atoms with Gasteiger partial charge in [-0.3, -0.25) is 4.79 Å². The Kier molecular flexibility index (Phi) is 1.92. The molecule has 1 aliphatic rings. The molecule has 2 rings (SSSR count). The van der Waals surface area contributed by atoms with Crippen LogP contribution < -0.4 is 0 Å². The zero-order valence-electron chi connectivity index (χ0n) is 8.28. The predicted molar refractivity (Wildman–Crippen MR) is 53.8 cm³/mol. The van der Waals surface area contributed by atoms with Crippen molar-refractivity contribution >= 4 is 5.78 Å². The van der Waals surface area contributed by atoms with Gasteiger partial charge in [-0.1, -0.05) is 29.8 Å². The number of benzene rings is 1. The molecule has 1 heterocycles. The van der Waals surface area contributed by atoms with Crippen LogP contribution in [0.5, 0.6) is 0 Å². The fourth-order valence-corrected chi connectivity index (χ4v) is 1.60. The quantitative estimate of drug-likeness (QED) is 0.676. The minimum atomic E-state index is -0.813. The van der Waals surface area contributed by atoms with Crippen LogP contribution in [0.1, 0.15) is 18.1 Å². The topological polar surface area (TPSA) is 26.3 Å². The molecule has 0 spiro atoms. The van der Waals surface area contributed by atoms with Crippen molar-refractivity contribution in [2.45, 2.75) is 19.4 Å². The summed E-state index contributed by atoms with van der Waals surface area (Å²) in [6.45, 7) is 3.80. The second kappa shape index (κ2) is 2.98. The van der Waals surface area contributed by atoms with Gasteiger partial charge >= 0.3 is 0 Å². The van der Waals surface area contributed by atoms with Gasteiger partial charge in [0.25, 0.3) is 0 Å². The molecule has 2 heteroatoms. The van der Waals surface area contributed by atoms with Gasteiger partial charge in [-0.2, -0.15) is 0 Å². The van der Waals surface area contributed by atoms with E-state index in [1.165, 1.54) is 12.3 Å². The van der Waals surface area contributed by atoms with Gasteiger partial charge in [0.2, 0.25) is 5.78 Å². The summed E-state index contributed by atoms with van der Waals surface area (Å²) in [6, 6.07) is 7.83. The Bertz CT molecular complexity index is 407. The highest BCUT2D eigenvalue weighted by Gasteiger charge is 2.38. The standard InChI is InChI=1S/C12H12O2/c1-9-4-3-5-10(8-9)12(2)11(13)6-7-14-12/h3-8H,1-2H3. The molecule has 0 bridgehead atoms. The van der Waals surface area contributed by atoms with Gasteiger partial charge in [0, 0.05) is 11.6 Å². The molecule has 0 saturated heterocycles. The van der Waals surface area contributed by atoms with Gasteiger partial charge in [0.05, 0.1) is 6.26 Å². The summed E-state index contributed by atoms with van der Waals surface area (Å²) in [7, 11) is 0. The van der Waals surface area contributed by atoms with Crippen molar-refractivity contribution in [2.75, 3.05) is 0 Å². The molecule has 72 valence electrons. The van der Waals surface area contributed by atoms with Crippen LogP contribution in [0.2, 0.25) is 0 Å². The molecule has 0 aliphatic carbocycles. The summed E-state index contributed by atoms with van der Waals surface area (Å²) in [5, 5.41) is 0. The summed E-state index contributed by atoms with van der Waals surface area (Å²) in [5.41, 5.74) is 1.23. The van der Waals surface area contributed by atoms with E-state index in [1.807, 2.05) is 31.2 Å². The first-order chi connectivity index (χ1) is 6.63. The van der Waals surface area contributed by atoms with Crippen LogP contribution >= 0.6 is 0 Å². The highest BCUT2D eigenvalue weighted by molar-refractivity contribution is 5.99. The molecule has 1 aliphatic heterocycles. The van der Waals surface area contributed by atoms with E-state index in [9.17, 15) is 4.79 Å². The normalized spacial score (nSPS) is 25.1. The zero-order valence-corrected chi connectivity index (χ0v) is 8.28. The lowest BCUT2D eigenvalue weighted by Gasteiger charge is -2.22. The number of ether oxygens (including phenoxy) is 1. The second-order valence-electron chi connectivity index (χ2n) is 3.69. The lowest BCUT2D eigenvalue weighted by atomic mass is 9.91. The number of hydrogen-bond donors (Lipinski definition) is 0. The van der Waals surface area contributed by atoms with Gasteiger partial charge < -0.3 is 4.74 Å².